The van der Waals surface area contributed by atoms with Crippen LogP contribution in [0.4, 0.5) is 10.1 Å². The second kappa shape index (κ2) is 6.27. The van der Waals surface area contributed by atoms with E-state index in [0.29, 0.717) is 11.4 Å². The number of benzene rings is 1. The molecular weight excluding hydrogens is 315 g/mol. The first-order valence-electron chi connectivity index (χ1n) is 7.27. The molecule has 7 heteroatoms. The quantitative estimate of drug-likeness (QED) is 0.635. The molecule has 1 aromatic carbocycles. The van der Waals surface area contributed by atoms with Gasteiger partial charge in [0.15, 0.2) is 0 Å². The Bertz CT molecular complexity index is 778. The van der Waals surface area contributed by atoms with Gasteiger partial charge >= 0.3 is 5.97 Å². The monoisotopic (exact) mass is 330 g/mol. The Morgan fingerprint density at radius 3 is 2.54 bits per heavy atom. The molecule has 6 nitrogen and oxygen atoms in total. The number of nitrogens with zero attached hydrogens (tertiary/aromatic N) is 2. The lowest BCUT2D eigenvalue weighted by Crippen LogP contribution is -2.61. The highest BCUT2D eigenvalue weighted by molar-refractivity contribution is 6.05. The predicted molar refractivity (Wildman–Crippen MR) is 83.0 cm³/mol. The highest BCUT2D eigenvalue weighted by atomic mass is 19.1. The zero-order chi connectivity index (χ0) is 17.3. The number of anilines is 1. The summed E-state index contributed by atoms with van der Waals surface area (Å²) in [5.41, 5.74) is 0.596. The van der Waals surface area contributed by atoms with Gasteiger partial charge < -0.3 is 9.47 Å². The first kappa shape index (κ1) is 15.9. The summed E-state index contributed by atoms with van der Waals surface area (Å²) < 4.78 is 24.3. The molecule has 1 amide bonds. The van der Waals surface area contributed by atoms with Crippen LogP contribution >= 0.6 is 0 Å². The number of esters is 1. The lowest BCUT2D eigenvalue weighted by atomic mass is 9.92. The zero-order valence-corrected chi connectivity index (χ0v) is 13.1. The van der Waals surface area contributed by atoms with Crippen LogP contribution in [0.2, 0.25) is 0 Å². The van der Waals surface area contributed by atoms with Gasteiger partial charge in [-0.3, -0.25) is 19.5 Å². The van der Waals surface area contributed by atoms with Crippen molar-refractivity contribution in [2.75, 3.05) is 12.0 Å². The molecule has 124 valence electrons. The molecule has 0 bridgehead atoms. The zero-order valence-electron chi connectivity index (χ0n) is 13.1. The number of carbonyl (C=O) groups is 2. The van der Waals surface area contributed by atoms with Crippen LogP contribution < -0.4 is 9.64 Å². The van der Waals surface area contributed by atoms with Gasteiger partial charge in [-0.2, -0.15) is 0 Å². The number of amides is 1. The van der Waals surface area contributed by atoms with Gasteiger partial charge in [-0.1, -0.05) is 0 Å². The van der Waals surface area contributed by atoms with Crippen molar-refractivity contribution in [1.29, 1.82) is 0 Å². The van der Waals surface area contributed by atoms with E-state index >= 15 is 0 Å². The molecular formula is C17H15FN2O4. The van der Waals surface area contributed by atoms with Gasteiger partial charge in [-0.05, 0) is 36.4 Å². The number of β-lactam (4-membered cyclic amide) rings is 1. The molecule has 2 heterocycles. The van der Waals surface area contributed by atoms with Crippen molar-refractivity contribution >= 4 is 17.6 Å². The minimum absolute atomic E-state index is 0.0548. The van der Waals surface area contributed by atoms with Gasteiger partial charge in [0.2, 0.25) is 6.10 Å². The summed E-state index contributed by atoms with van der Waals surface area (Å²) in [5, 5.41) is 0. The number of carbonyl (C=O) groups excluding carboxylic acids is 2. The Morgan fingerprint density at radius 1 is 1.25 bits per heavy atom. The smallest absolute Gasteiger partial charge is 0.303 e. The minimum atomic E-state index is -1.09. The van der Waals surface area contributed by atoms with Crippen LogP contribution in [-0.2, 0) is 14.3 Å². The van der Waals surface area contributed by atoms with Gasteiger partial charge in [0.25, 0.3) is 5.91 Å². The number of pyridine rings is 1. The number of hydrogen-bond donors (Lipinski definition) is 0. The maximum atomic E-state index is 14.1. The van der Waals surface area contributed by atoms with Crippen LogP contribution in [0.1, 0.15) is 18.7 Å². The Balaban J connectivity index is 1.99. The summed E-state index contributed by atoms with van der Waals surface area (Å²) in [5.74, 6) is -0.969. The van der Waals surface area contributed by atoms with Crippen molar-refractivity contribution in [2.24, 2.45) is 0 Å². The fourth-order valence-corrected chi connectivity index (χ4v) is 2.67. The number of hydrogen-bond acceptors (Lipinski definition) is 5. The molecule has 1 aromatic heterocycles. The maximum absolute atomic E-state index is 14.1. The van der Waals surface area contributed by atoms with E-state index in [1.54, 1.807) is 24.3 Å². The molecule has 0 N–H and O–H groups in total. The van der Waals surface area contributed by atoms with E-state index < -0.39 is 29.8 Å². The largest absolute Gasteiger partial charge is 0.497 e. The lowest BCUT2D eigenvalue weighted by Gasteiger charge is -2.45. The molecule has 2 aromatic rings. The summed E-state index contributed by atoms with van der Waals surface area (Å²) in [6, 6.07) is 8.63. The number of rotatable bonds is 4. The van der Waals surface area contributed by atoms with Crippen molar-refractivity contribution in [1.82, 2.24) is 4.98 Å². The van der Waals surface area contributed by atoms with Gasteiger partial charge in [0, 0.05) is 18.8 Å². The first-order valence-corrected chi connectivity index (χ1v) is 7.27. The average molecular weight is 330 g/mol. The van der Waals surface area contributed by atoms with Crippen molar-refractivity contribution in [3.63, 3.8) is 0 Å². The highest BCUT2D eigenvalue weighted by Crippen LogP contribution is 2.41. The van der Waals surface area contributed by atoms with Gasteiger partial charge in [-0.25, -0.2) is 4.39 Å². The van der Waals surface area contributed by atoms with Gasteiger partial charge in [-0.15, -0.1) is 0 Å². The van der Waals surface area contributed by atoms with E-state index in [1.165, 1.54) is 37.3 Å². The van der Waals surface area contributed by atoms with Crippen LogP contribution in [0.3, 0.4) is 0 Å². The van der Waals surface area contributed by atoms with Gasteiger partial charge in [0.05, 0.1) is 7.11 Å². The van der Waals surface area contributed by atoms with E-state index in [9.17, 15) is 14.0 Å². The third-order valence-corrected chi connectivity index (χ3v) is 3.76. The molecule has 0 unspecified atom stereocenters. The van der Waals surface area contributed by atoms with Crippen LogP contribution in [-0.4, -0.2) is 30.1 Å². The van der Waals surface area contributed by atoms with Crippen molar-refractivity contribution in [3.05, 3.63) is 54.1 Å². The van der Waals surface area contributed by atoms with E-state index in [4.69, 9.17) is 9.47 Å². The van der Waals surface area contributed by atoms with Gasteiger partial charge in [0.1, 0.15) is 23.3 Å². The standard InChI is InChI=1S/C17H15FN2O4/c1-10(21)24-16-15(14-13(18)4-3-9-19-14)20(17(16)22)11-5-7-12(23-2)8-6-11/h3-9,15-16H,1-2H3/t15-,16+/m1/s1. The third kappa shape index (κ3) is 2.68. The van der Waals surface area contributed by atoms with E-state index in [0.717, 1.165) is 0 Å². The summed E-state index contributed by atoms with van der Waals surface area (Å²) >= 11 is 0. The molecule has 1 aliphatic heterocycles. The molecule has 2 atom stereocenters. The van der Waals surface area contributed by atoms with Crippen molar-refractivity contribution in [2.45, 2.75) is 19.1 Å². The Labute approximate surface area is 137 Å². The average Bonchev–Trinajstić information content (AvgIpc) is 2.58. The summed E-state index contributed by atoms with van der Waals surface area (Å²) in [4.78, 5) is 29.0. The molecule has 0 aliphatic carbocycles. The molecule has 0 radical (unpaired) electrons. The van der Waals surface area contributed by atoms with Crippen molar-refractivity contribution < 1.29 is 23.5 Å². The topological polar surface area (TPSA) is 68.7 Å². The van der Waals surface area contributed by atoms with Crippen LogP contribution in [0.15, 0.2) is 42.6 Å². The Kier molecular flexibility index (Phi) is 4.16. The van der Waals surface area contributed by atoms with Crippen LogP contribution in [0.5, 0.6) is 5.75 Å². The first-order chi connectivity index (χ1) is 11.5. The molecule has 1 fully saturated rings. The second-order valence-electron chi connectivity index (χ2n) is 5.25. The summed E-state index contributed by atoms with van der Waals surface area (Å²) in [6.07, 6.45) is 0.340. The summed E-state index contributed by atoms with van der Waals surface area (Å²) in [7, 11) is 1.53. The van der Waals surface area contributed by atoms with Crippen molar-refractivity contribution in [3.8, 4) is 5.75 Å². The maximum Gasteiger partial charge on any atom is 0.303 e. The fraction of sp³-hybridized carbons (Fsp3) is 0.235. The molecule has 0 spiro atoms. The number of ether oxygens (including phenoxy) is 2. The number of methoxy groups -OCH3 is 1. The third-order valence-electron chi connectivity index (χ3n) is 3.76. The Hall–Kier alpha value is -2.96. The van der Waals surface area contributed by atoms with Crippen LogP contribution in [0, 0.1) is 5.82 Å². The Morgan fingerprint density at radius 2 is 1.96 bits per heavy atom. The molecule has 1 aliphatic rings. The predicted octanol–water partition coefficient (Wildman–Crippen LogP) is 2.25. The minimum Gasteiger partial charge on any atom is -0.497 e. The normalized spacial score (nSPS) is 19.6. The molecule has 3 rings (SSSR count). The lowest BCUT2D eigenvalue weighted by molar-refractivity contribution is -0.161. The van der Waals surface area contributed by atoms with E-state index in [-0.39, 0.29) is 5.69 Å². The molecule has 0 saturated carbocycles. The molecule has 1 saturated heterocycles. The number of aromatic nitrogens is 1. The van der Waals surface area contributed by atoms with E-state index in [2.05, 4.69) is 4.98 Å². The van der Waals surface area contributed by atoms with Crippen LogP contribution in [0.25, 0.3) is 0 Å². The fourth-order valence-electron chi connectivity index (χ4n) is 2.67. The van der Waals surface area contributed by atoms with E-state index in [1.807, 2.05) is 0 Å². The number of halogens is 1. The molecule has 24 heavy (non-hydrogen) atoms. The SMILES string of the molecule is COc1ccc(N2C(=O)[C@@H](OC(C)=O)[C@H]2c2ncccc2F)cc1. The summed E-state index contributed by atoms with van der Waals surface area (Å²) in [6.45, 7) is 1.20. The highest BCUT2D eigenvalue weighted by Gasteiger charge is 2.53. The second-order valence-corrected chi connectivity index (χ2v) is 5.25.